The third-order valence-corrected chi connectivity index (χ3v) is 4.80. The van der Waals surface area contributed by atoms with E-state index in [9.17, 15) is 9.90 Å². The third kappa shape index (κ3) is 5.41. The Balaban J connectivity index is 2.55. The average Bonchev–Trinajstić information content (AvgIpc) is 2.66. The summed E-state index contributed by atoms with van der Waals surface area (Å²) in [5.41, 5.74) is 3.99. The Kier molecular flexibility index (Phi) is 7.49. The van der Waals surface area contributed by atoms with E-state index in [1.54, 1.807) is 18.2 Å². The van der Waals surface area contributed by atoms with E-state index in [1.807, 2.05) is 52.9 Å². The standard InChI is InChI=1S/C25H33NO3/c1-15(2)21-14-22(16(3)4)25(29-17(5)6)20(24(21)28)12-13-23(27)18-8-10-19(26-7)11-9-18/h8-17,26,28H,1-7H3. The lowest BCUT2D eigenvalue weighted by Gasteiger charge is -2.23. The van der Waals surface area contributed by atoms with E-state index in [-0.39, 0.29) is 29.5 Å². The lowest BCUT2D eigenvalue weighted by atomic mass is 9.90. The van der Waals surface area contributed by atoms with Crippen LogP contribution in [0.2, 0.25) is 0 Å². The van der Waals surface area contributed by atoms with Crippen molar-refractivity contribution < 1.29 is 14.6 Å². The Morgan fingerprint density at radius 2 is 1.59 bits per heavy atom. The lowest BCUT2D eigenvalue weighted by molar-refractivity contribution is 0.104. The number of ether oxygens (including phenoxy) is 1. The predicted octanol–water partition coefficient (Wildman–Crippen LogP) is 6.36. The molecule has 29 heavy (non-hydrogen) atoms. The van der Waals surface area contributed by atoms with Gasteiger partial charge in [0.05, 0.1) is 11.7 Å². The van der Waals surface area contributed by atoms with E-state index in [4.69, 9.17) is 4.74 Å². The van der Waals surface area contributed by atoms with Crippen LogP contribution in [0.5, 0.6) is 11.5 Å². The number of carbonyl (C=O) groups is 1. The Morgan fingerprint density at radius 3 is 2.07 bits per heavy atom. The normalized spacial score (nSPS) is 11.7. The average molecular weight is 396 g/mol. The zero-order chi connectivity index (χ0) is 21.7. The van der Waals surface area contributed by atoms with E-state index in [1.165, 1.54) is 6.08 Å². The molecule has 0 fully saturated rings. The highest BCUT2D eigenvalue weighted by Crippen LogP contribution is 2.42. The van der Waals surface area contributed by atoms with E-state index in [0.29, 0.717) is 16.9 Å². The van der Waals surface area contributed by atoms with Crippen molar-refractivity contribution in [2.24, 2.45) is 0 Å². The first kappa shape index (κ1) is 22.5. The van der Waals surface area contributed by atoms with Crippen LogP contribution in [0.3, 0.4) is 0 Å². The number of anilines is 1. The smallest absolute Gasteiger partial charge is 0.185 e. The summed E-state index contributed by atoms with van der Waals surface area (Å²) in [6, 6.07) is 9.32. The number of carbonyl (C=O) groups excluding carboxylic acids is 1. The number of aromatic hydroxyl groups is 1. The molecule has 0 aliphatic carbocycles. The molecule has 2 aromatic carbocycles. The number of hydrogen-bond donors (Lipinski definition) is 2. The van der Waals surface area contributed by atoms with Gasteiger partial charge >= 0.3 is 0 Å². The first-order valence-corrected chi connectivity index (χ1v) is 10.2. The highest BCUT2D eigenvalue weighted by molar-refractivity contribution is 6.07. The van der Waals surface area contributed by atoms with Crippen LogP contribution in [0.25, 0.3) is 6.08 Å². The van der Waals surface area contributed by atoms with Gasteiger partial charge in [0, 0.05) is 18.3 Å². The molecular weight excluding hydrogens is 362 g/mol. The fourth-order valence-corrected chi connectivity index (χ4v) is 3.17. The molecule has 0 heterocycles. The maximum atomic E-state index is 12.7. The quantitative estimate of drug-likeness (QED) is 0.403. The van der Waals surface area contributed by atoms with Crippen LogP contribution in [-0.4, -0.2) is 24.0 Å². The van der Waals surface area contributed by atoms with Crippen molar-refractivity contribution >= 4 is 17.5 Å². The molecule has 156 valence electrons. The Hall–Kier alpha value is -2.75. The number of phenolic OH excluding ortho intramolecular Hbond substituents is 1. The second kappa shape index (κ2) is 9.64. The molecule has 0 aliphatic rings. The summed E-state index contributed by atoms with van der Waals surface area (Å²) < 4.78 is 6.09. The minimum absolute atomic E-state index is 0.0475. The summed E-state index contributed by atoms with van der Waals surface area (Å²) in [5, 5.41) is 14.0. The molecule has 0 saturated heterocycles. The number of nitrogens with one attached hydrogen (secondary N) is 1. The fourth-order valence-electron chi connectivity index (χ4n) is 3.17. The number of phenols is 1. The minimum Gasteiger partial charge on any atom is -0.507 e. The zero-order valence-electron chi connectivity index (χ0n) is 18.5. The highest BCUT2D eigenvalue weighted by Gasteiger charge is 2.21. The van der Waals surface area contributed by atoms with Crippen molar-refractivity contribution in [1.29, 1.82) is 0 Å². The molecule has 4 nitrogen and oxygen atoms in total. The first-order valence-electron chi connectivity index (χ1n) is 10.2. The zero-order valence-corrected chi connectivity index (χ0v) is 18.5. The first-order chi connectivity index (χ1) is 13.6. The molecule has 0 bridgehead atoms. The second-order valence-corrected chi connectivity index (χ2v) is 8.15. The molecule has 0 aliphatic heterocycles. The van der Waals surface area contributed by atoms with Crippen LogP contribution in [0.15, 0.2) is 36.4 Å². The van der Waals surface area contributed by atoms with Gasteiger partial charge < -0.3 is 15.2 Å². The Morgan fingerprint density at radius 1 is 1.00 bits per heavy atom. The van der Waals surface area contributed by atoms with Crippen molar-refractivity contribution in [2.45, 2.75) is 59.5 Å². The third-order valence-electron chi connectivity index (χ3n) is 4.80. The van der Waals surface area contributed by atoms with Gasteiger partial charge in [-0.2, -0.15) is 0 Å². The molecular formula is C25H33NO3. The highest BCUT2D eigenvalue weighted by atomic mass is 16.5. The number of ketones is 1. The summed E-state index contributed by atoms with van der Waals surface area (Å²) in [7, 11) is 1.84. The van der Waals surface area contributed by atoms with Gasteiger partial charge in [-0.1, -0.05) is 27.7 Å². The summed E-state index contributed by atoms with van der Waals surface area (Å²) >= 11 is 0. The van der Waals surface area contributed by atoms with Crippen molar-refractivity contribution in [3.05, 3.63) is 58.7 Å². The summed E-state index contributed by atoms with van der Waals surface area (Å²) in [6.45, 7) is 12.2. The molecule has 0 atom stereocenters. The number of hydrogen-bond acceptors (Lipinski definition) is 4. The molecule has 0 saturated carbocycles. The molecule has 0 unspecified atom stereocenters. The second-order valence-electron chi connectivity index (χ2n) is 8.15. The number of rotatable bonds is 8. The maximum Gasteiger partial charge on any atom is 0.185 e. The topological polar surface area (TPSA) is 58.6 Å². The van der Waals surface area contributed by atoms with Crippen molar-refractivity contribution in [1.82, 2.24) is 0 Å². The molecule has 0 amide bonds. The van der Waals surface area contributed by atoms with Crippen LogP contribution < -0.4 is 10.1 Å². The van der Waals surface area contributed by atoms with Gasteiger partial charge in [0.2, 0.25) is 0 Å². The van der Waals surface area contributed by atoms with E-state index in [0.717, 1.165) is 16.8 Å². The number of benzene rings is 2. The Bertz CT molecular complexity index is 878. The van der Waals surface area contributed by atoms with E-state index in [2.05, 4.69) is 19.2 Å². The van der Waals surface area contributed by atoms with Crippen molar-refractivity contribution in [3.63, 3.8) is 0 Å². The largest absolute Gasteiger partial charge is 0.507 e. The maximum absolute atomic E-state index is 12.7. The van der Waals surface area contributed by atoms with Crippen LogP contribution >= 0.6 is 0 Å². The molecule has 0 radical (unpaired) electrons. The van der Waals surface area contributed by atoms with Gasteiger partial charge in [-0.3, -0.25) is 4.79 Å². The predicted molar refractivity (Wildman–Crippen MR) is 121 cm³/mol. The lowest BCUT2D eigenvalue weighted by Crippen LogP contribution is -2.11. The minimum atomic E-state index is -0.122. The SMILES string of the molecule is CNc1ccc(C(=O)C=Cc2c(O)c(C(C)C)cc(C(C)C)c2OC(C)C)cc1. The summed E-state index contributed by atoms with van der Waals surface area (Å²) in [4.78, 5) is 12.7. The van der Waals surface area contributed by atoms with Crippen LogP contribution in [0.4, 0.5) is 5.69 Å². The van der Waals surface area contributed by atoms with Gasteiger partial charge in [-0.15, -0.1) is 0 Å². The summed E-state index contributed by atoms with van der Waals surface area (Å²) in [5.74, 6) is 1.07. The van der Waals surface area contributed by atoms with Gasteiger partial charge in [-0.25, -0.2) is 0 Å². The van der Waals surface area contributed by atoms with E-state index < -0.39 is 0 Å². The van der Waals surface area contributed by atoms with Gasteiger partial charge in [0.15, 0.2) is 5.78 Å². The molecule has 4 heteroatoms. The fraction of sp³-hybridized carbons (Fsp3) is 0.400. The monoisotopic (exact) mass is 395 g/mol. The van der Waals surface area contributed by atoms with Crippen molar-refractivity contribution in [3.8, 4) is 11.5 Å². The molecule has 2 aromatic rings. The van der Waals surface area contributed by atoms with Crippen molar-refractivity contribution in [2.75, 3.05) is 12.4 Å². The van der Waals surface area contributed by atoms with Crippen LogP contribution in [0, 0.1) is 0 Å². The van der Waals surface area contributed by atoms with E-state index >= 15 is 0 Å². The molecule has 0 spiro atoms. The van der Waals surface area contributed by atoms with Crippen LogP contribution in [-0.2, 0) is 0 Å². The van der Waals surface area contributed by atoms with Crippen LogP contribution in [0.1, 0.15) is 80.4 Å². The van der Waals surface area contributed by atoms with Gasteiger partial charge in [0.1, 0.15) is 11.5 Å². The molecule has 0 aromatic heterocycles. The summed E-state index contributed by atoms with van der Waals surface area (Å²) in [6.07, 6.45) is 3.14. The Labute approximate surface area is 174 Å². The van der Waals surface area contributed by atoms with Gasteiger partial charge in [-0.05, 0) is 79.3 Å². The molecule has 2 N–H and O–H groups in total. The number of allylic oxidation sites excluding steroid dienone is 1. The molecule has 2 rings (SSSR count). The van der Waals surface area contributed by atoms with Gasteiger partial charge in [0.25, 0.3) is 0 Å².